The number of aliphatic hydroxyl groups is 2. The molecular weight excluding hydrogens is 652 g/mol. The molecule has 7 N–H and O–H groups in total. The van der Waals surface area contributed by atoms with Crippen molar-refractivity contribution in [3.8, 4) is 11.5 Å². The van der Waals surface area contributed by atoms with Crippen molar-refractivity contribution in [3.63, 3.8) is 0 Å². The number of nitrogens with two attached hydrogens (primary N) is 1. The summed E-state index contributed by atoms with van der Waals surface area (Å²) in [4.78, 5) is 18.5. The van der Waals surface area contributed by atoms with Crippen LogP contribution >= 0.6 is 0 Å². The molecule has 0 amide bonds. The highest BCUT2D eigenvalue weighted by Gasteiger charge is 2.44. The topological polar surface area (TPSA) is 142 Å². The minimum absolute atomic E-state index is 0.0299. The summed E-state index contributed by atoms with van der Waals surface area (Å²) >= 11 is 0. The number of Topliss-reactive ketones (excluding diaryl/α,β-unsaturated/α-hetero) is 1. The van der Waals surface area contributed by atoms with Crippen molar-refractivity contribution in [1.82, 2.24) is 5.32 Å². The lowest BCUT2D eigenvalue weighted by Gasteiger charge is -2.32. The fourth-order valence-electron chi connectivity index (χ4n) is 8.07. The molecule has 4 atom stereocenters. The number of carbonyl (C=O) groups is 1. The van der Waals surface area contributed by atoms with Crippen LogP contribution in [0.4, 0.5) is 0 Å². The van der Waals surface area contributed by atoms with Gasteiger partial charge in [0.25, 0.3) is 0 Å². The number of carbonyl (C=O) groups excluding carboxylic acids is 1. The molecule has 0 saturated heterocycles. The highest BCUT2D eigenvalue weighted by Crippen LogP contribution is 2.49. The molecule has 6 rings (SSSR count). The summed E-state index contributed by atoms with van der Waals surface area (Å²) < 4.78 is 6.16. The summed E-state index contributed by atoms with van der Waals surface area (Å²) in [6.07, 6.45) is 10.3. The molecular formula is C43H55N4O5+. The van der Waals surface area contributed by atoms with Crippen LogP contribution in [-0.4, -0.2) is 59.3 Å². The van der Waals surface area contributed by atoms with Gasteiger partial charge in [-0.1, -0.05) is 86.8 Å². The zero-order valence-corrected chi connectivity index (χ0v) is 30.4. The second kappa shape index (κ2) is 17.6. The summed E-state index contributed by atoms with van der Waals surface area (Å²) in [6, 6.07) is 24.4. The first-order valence-corrected chi connectivity index (χ1v) is 19.0. The van der Waals surface area contributed by atoms with E-state index in [-0.39, 0.29) is 42.4 Å². The highest BCUT2D eigenvalue weighted by atomic mass is 16.5. The summed E-state index contributed by atoms with van der Waals surface area (Å²) in [5.74, 6) is 0.379. The van der Waals surface area contributed by atoms with Crippen molar-refractivity contribution in [2.45, 2.75) is 101 Å². The van der Waals surface area contributed by atoms with Gasteiger partial charge in [-0.3, -0.25) is 20.0 Å². The quantitative estimate of drug-likeness (QED) is 0.0969. The number of ether oxygens (including phenoxy) is 1. The molecule has 0 bridgehead atoms. The van der Waals surface area contributed by atoms with Crippen LogP contribution in [0.3, 0.4) is 0 Å². The number of phenols is 1. The number of nitrogens with one attached hydrogen (secondary N) is 2. The third kappa shape index (κ3) is 9.26. The van der Waals surface area contributed by atoms with Crippen molar-refractivity contribution in [1.29, 1.82) is 0 Å². The zero-order chi connectivity index (χ0) is 36.5. The third-order valence-electron chi connectivity index (χ3n) is 10.9. The average Bonchev–Trinajstić information content (AvgIpc) is 3.89. The molecule has 1 saturated carbocycles. The standard InChI is InChI=1S/C43H54N4O5/c1-2-9-34(48)24-36(50)25-35(49)16-14-31-15-17-40(51)41(22-31)52-29-47-27-37-38(26-46-39(37)28-47)43(19-6-7-20-43)33-13-8-12-32(23-33)42(44)45-21-18-30-10-4-3-5-11-30/h3-5,8,10-13,15,17,22-23,26,28,34,36,42,45,48,50-51H,2,6-7,9,14,16,18-21,24-25,27,29,44H2,1H3/p+1/t34-,36+,42+/m0/s1. The number of hydrogen-bond acceptors (Lipinski definition) is 8. The molecule has 1 unspecified atom stereocenters. The minimum Gasteiger partial charge on any atom is -0.504 e. The summed E-state index contributed by atoms with van der Waals surface area (Å²) in [7, 11) is 0. The highest BCUT2D eigenvalue weighted by molar-refractivity contribution is 5.90. The first-order chi connectivity index (χ1) is 25.2. The molecule has 3 aromatic carbocycles. The van der Waals surface area contributed by atoms with E-state index in [1.54, 1.807) is 18.2 Å². The maximum atomic E-state index is 12.5. The Balaban J connectivity index is 1.06. The van der Waals surface area contributed by atoms with Crippen LogP contribution in [0.25, 0.3) is 0 Å². The van der Waals surface area contributed by atoms with Crippen molar-refractivity contribution in [2.75, 3.05) is 19.8 Å². The second-order valence-electron chi connectivity index (χ2n) is 14.8. The van der Waals surface area contributed by atoms with E-state index in [1.165, 1.54) is 35.1 Å². The summed E-state index contributed by atoms with van der Waals surface area (Å²) in [5, 5.41) is 34.2. The number of aliphatic imine (C=N–C) groups is 1. The molecule has 9 nitrogen and oxygen atoms in total. The van der Waals surface area contributed by atoms with Crippen molar-refractivity contribution in [2.24, 2.45) is 10.7 Å². The molecule has 1 fully saturated rings. The molecule has 276 valence electrons. The normalized spacial score (nSPS) is 19.4. The van der Waals surface area contributed by atoms with E-state index in [0.717, 1.165) is 60.5 Å². The Bertz CT molecular complexity index is 1760. The Morgan fingerprint density at radius 3 is 2.60 bits per heavy atom. The maximum absolute atomic E-state index is 12.5. The number of phenolic OH excluding ortho intramolecular Hbond substituents is 1. The molecule has 9 heteroatoms. The number of ketones is 1. The van der Waals surface area contributed by atoms with Crippen LogP contribution < -0.4 is 20.7 Å². The van der Waals surface area contributed by atoms with E-state index in [9.17, 15) is 20.1 Å². The Hall–Kier alpha value is -4.12. The van der Waals surface area contributed by atoms with Gasteiger partial charge < -0.3 is 25.8 Å². The molecule has 3 aliphatic rings. The van der Waals surface area contributed by atoms with Gasteiger partial charge in [0.15, 0.2) is 11.5 Å². The number of rotatable bonds is 19. The number of nitrogens with zero attached hydrogens (tertiary/aromatic N) is 1. The molecule has 2 aliphatic heterocycles. The van der Waals surface area contributed by atoms with Crippen LogP contribution in [0.5, 0.6) is 11.5 Å². The number of aromatic hydroxyl groups is 1. The van der Waals surface area contributed by atoms with Crippen molar-refractivity contribution in [3.05, 3.63) is 118 Å². The Labute approximate surface area is 307 Å². The second-order valence-corrected chi connectivity index (χ2v) is 14.8. The van der Waals surface area contributed by atoms with Gasteiger partial charge in [0, 0.05) is 36.6 Å². The van der Waals surface area contributed by atoms with Crippen LogP contribution in [0, 0.1) is 0 Å². The van der Waals surface area contributed by atoms with Gasteiger partial charge >= 0.3 is 0 Å². The number of fused-ring (bicyclic) bond motifs is 1. The van der Waals surface area contributed by atoms with E-state index in [0.29, 0.717) is 25.3 Å². The SMILES string of the molecule is CCC[C@H](O)C[C@@H](O)CC(=O)CCc1ccc(O)c(OC[NH+]2C=C3N=CC(C4(c5cccc([C@H](N)NCCc6ccccc6)c5)CCCC4)=C3C2)c1. The molecule has 2 heterocycles. The summed E-state index contributed by atoms with van der Waals surface area (Å²) in [6.45, 7) is 3.85. The van der Waals surface area contributed by atoms with Gasteiger partial charge in [-0.05, 0) is 78.5 Å². The first kappa shape index (κ1) is 37.6. The molecule has 0 radical (unpaired) electrons. The lowest BCUT2D eigenvalue weighted by Crippen LogP contribution is -3.07. The van der Waals surface area contributed by atoms with E-state index in [4.69, 9.17) is 15.5 Å². The number of quaternary nitrogens is 1. The molecule has 52 heavy (non-hydrogen) atoms. The molecule has 3 aromatic rings. The van der Waals surface area contributed by atoms with Gasteiger partial charge in [-0.2, -0.15) is 0 Å². The fraction of sp³-hybridized carbons (Fsp3) is 0.442. The van der Waals surface area contributed by atoms with E-state index < -0.39 is 12.2 Å². The van der Waals surface area contributed by atoms with Crippen LogP contribution in [0.2, 0.25) is 0 Å². The summed E-state index contributed by atoms with van der Waals surface area (Å²) in [5.41, 5.74) is 14.7. The van der Waals surface area contributed by atoms with Crippen LogP contribution in [0.1, 0.15) is 93.1 Å². The zero-order valence-electron chi connectivity index (χ0n) is 30.4. The average molecular weight is 708 g/mol. The van der Waals surface area contributed by atoms with Crippen LogP contribution in [0.15, 0.2) is 101 Å². The Morgan fingerprint density at radius 2 is 1.81 bits per heavy atom. The lowest BCUT2D eigenvalue weighted by molar-refractivity contribution is -0.855. The Kier molecular flexibility index (Phi) is 12.7. The predicted molar refractivity (Wildman–Crippen MR) is 204 cm³/mol. The van der Waals surface area contributed by atoms with Gasteiger partial charge in [0.2, 0.25) is 6.73 Å². The van der Waals surface area contributed by atoms with Gasteiger partial charge in [-0.25, -0.2) is 0 Å². The number of hydrogen-bond donors (Lipinski definition) is 6. The monoisotopic (exact) mass is 707 g/mol. The molecule has 1 aliphatic carbocycles. The van der Waals surface area contributed by atoms with E-state index >= 15 is 0 Å². The van der Waals surface area contributed by atoms with Crippen LogP contribution in [-0.2, 0) is 23.1 Å². The maximum Gasteiger partial charge on any atom is 0.227 e. The minimum atomic E-state index is -0.838. The lowest BCUT2D eigenvalue weighted by atomic mass is 9.71. The number of benzene rings is 3. The van der Waals surface area contributed by atoms with Gasteiger partial charge in [-0.15, -0.1) is 0 Å². The van der Waals surface area contributed by atoms with Gasteiger partial charge in [0.1, 0.15) is 24.2 Å². The largest absolute Gasteiger partial charge is 0.504 e. The van der Waals surface area contributed by atoms with Crippen molar-refractivity contribution < 1.29 is 29.8 Å². The first-order valence-electron chi connectivity index (χ1n) is 19.0. The van der Waals surface area contributed by atoms with Crippen molar-refractivity contribution >= 4 is 12.0 Å². The predicted octanol–water partition coefficient (Wildman–Crippen LogP) is 4.95. The molecule has 0 aromatic heterocycles. The van der Waals surface area contributed by atoms with Gasteiger partial charge in [0.05, 0.1) is 18.4 Å². The number of aryl methyl sites for hydroxylation is 1. The fourth-order valence-corrected chi connectivity index (χ4v) is 8.07. The number of aliphatic hydroxyl groups excluding tert-OH is 2. The Morgan fingerprint density at radius 1 is 1.00 bits per heavy atom. The number of allylic oxidation sites excluding steroid dienone is 1. The third-order valence-corrected chi connectivity index (χ3v) is 10.9. The smallest absolute Gasteiger partial charge is 0.227 e. The van der Waals surface area contributed by atoms with E-state index in [1.807, 2.05) is 13.0 Å². The van der Waals surface area contributed by atoms with E-state index in [2.05, 4.69) is 66.3 Å². The molecule has 0 spiro atoms.